The van der Waals surface area contributed by atoms with E-state index in [1.165, 1.54) is 10.8 Å². The van der Waals surface area contributed by atoms with Crippen LogP contribution in [0.4, 0.5) is 5.69 Å². The minimum atomic E-state index is -0.492. The molecule has 0 heterocycles. The van der Waals surface area contributed by atoms with Crippen molar-refractivity contribution in [3.8, 4) is 0 Å². The van der Waals surface area contributed by atoms with Gasteiger partial charge >= 0.3 is 0 Å². The predicted octanol–water partition coefficient (Wildman–Crippen LogP) is 3.23. The average Bonchev–Trinajstić information content (AvgIpc) is 2.66. The van der Waals surface area contributed by atoms with E-state index in [9.17, 15) is 9.59 Å². The molecule has 0 radical (unpaired) electrons. The summed E-state index contributed by atoms with van der Waals surface area (Å²) in [6.45, 7) is 2.22. The number of primary amides is 1. The van der Waals surface area contributed by atoms with Gasteiger partial charge in [0.1, 0.15) is 0 Å². The van der Waals surface area contributed by atoms with Crippen LogP contribution >= 0.6 is 0 Å². The number of hydrogen-bond acceptors (Lipinski definition) is 3. The molecule has 3 aromatic carbocycles. The van der Waals surface area contributed by atoms with Crippen LogP contribution in [0.1, 0.15) is 28.9 Å². The molecular weight excluding hydrogens is 326 g/mol. The summed E-state index contributed by atoms with van der Waals surface area (Å²) < 4.78 is 0. The lowest BCUT2D eigenvalue weighted by atomic mass is 10.00. The molecule has 5 nitrogen and oxygen atoms in total. The van der Waals surface area contributed by atoms with Crippen molar-refractivity contribution in [2.24, 2.45) is 5.73 Å². The first kappa shape index (κ1) is 17.6. The zero-order valence-corrected chi connectivity index (χ0v) is 14.5. The Kier molecular flexibility index (Phi) is 5.29. The van der Waals surface area contributed by atoms with E-state index < -0.39 is 5.91 Å². The molecule has 0 bridgehead atoms. The zero-order chi connectivity index (χ0) is 18.5. The molecule has 0 aliphatic heterocycles. The highest BCUT2D eigenvalue weighted by molar-refractivity contribution is 5.95. The van der Waals surface area contributed by atoms with Gasteiger partial charge in [-0.2, -0.15) is 0 Å². The highest BCUT2D eigenvalue weighted by atomic mass is 16.2. The van der Waals surface area contributed by atoms with Crippen LogP contribution in [0.15, 0.2) is 66.7 Å². The Morgan fingerprint density at radius 2 is 1.65 bits per heavy atom. The number of carbonyl (C=O) groups is 2. The van der Waals surface area contributed by atoms with E-state index in [0.29, 0.717) is 11.3 Å². The first-order valence-corrected chi connectivity index (χ1v) is 8.45. The maximum absolute atomic E-state index is 12.2. The molecule has 0 aromatic heterocycles. The summed E-state index contributed by atoms with van der Waals surface area (Å²) in [7, 11) is 0. The molecule has 0 aliphatic rings. The van der Waals surface area contributed by atoms with Gasteiger partial charge in [0, 0.05) is 17.3 Å². The van der Waals surface area contributed by atoms with Gasteiger partial charge in [-0.05, 0) is 47.5 Å². The van der Waals surface area contributed by atoms with Crippen LogP contribution in [0.5, 0.6) is 0 Å². The van der Waals surface area contributed by atoms with Gasteiger partial charge in [0.05, 0.1) is 6.54 Å². The standard InChI is InChI=1S/C21H21N3O2/c1-14(18-8-4-6-15-5-2-3-7-19(15)18)23-13-20(25)24-17-11-9-16(10-12-17)21(22)26/h2-12,14,23H,13H2,1H3,(H2,22,26)(H,24,25)/t14-/m1/s1. The Balaban J connectivity index is 1.61. The third-order valence-corrected chi connectivity index (χ3v) is 4.31. The summed E-state index contributed by atoms with van der Waals surface area (Å²) in [6, 6.07) is 20.9. The average molecular weight is 347 g/mol. The number of hydrogen-bond donors (Lipinski definition) is 3. The zero-order valence-electron chi connectivity index (χ0n) is 14.5. The molecule has 0 saturated heterocycles. The molecule has 0 aliphatic carbocycles. The summed E-state index contributed by atoms with van der Waals surface area (Å²) in [5.41, 5.74) is 7.39. The lowest BCUT2D eigenvalue weighted by molar-refractivity contribution is -0.115. The summed E-state index contributed by atoms with van der Waals surface area (Å²) in [5, 5.41) is 8.41. The number of fused-ring (bicyclic) bond motifs is 1. The maximum Gasteiger partial charge on any atom is 0.248 e. The topological polar surface area (TPSA) is 84.2 Å². The summed E-state index contributed by atoms with van der Waals surface area (Å²) in [5.74, 6) is -0.641. The van der Waals surface area contributed by atoms with E-state index in [2.05, 4.69) is 34.9 Å². The molecule has 2 amide bonds. The number of amides is 2. The minimum absolute atomic E-state index is 0.0316. The molecule has 0 fully saturated rings. The van der Waals surface area contributed by atoms with Crippen molar-refractivity contribution in [2.45, 2.75) is 13.0 Å². The SMILES string of the molecule is C[C@@H](NCC(=O)Nc1ccc(C(N)=O)cc1)c1cccc2ccccc12. The lowest BCUT2D eigenvalue weighted by Gasteiger charge is -2.16. The monoisotopic (exact) mass is 347 g/mol. The van der Waals surface area contributed by atoms with Gasteiger partial charge in [0.15, 0.2) is 0 Å². The first-order chi connectivity index (χ1) is 12.5. The molecule has 3 rings (SSSR count). The van der Waals surface area contributed by atoms with Crippen molar-refractivity contribution < 1.29 is 9.59 Å². The van der Waals surface area contributed by atoms with Crippen molar-refractivity contribution in [2.75, 3.05) is 11.9 Å². The Hall–Kier alpha value is -3.18. The first-order valence-electron chi connectivity index (χ1n) is 8.45. The molecule has 4 N–H and O–H groups in total. The molecule has 1 atom stereocenters. The summed E-state index contributed by atoms with van der Waals surface area (Å²) in [6.07, 6.45) is 0. The van der Waals surface area contributed by atoms with Crippen LogP contribution in [0, 0.1) is 0 Å². The van der Waals surface area contributed by atoms with Gasteiger partial charge in [-0.1, -0.05) is 42.5 Å². The van der Waals surface area contributed by atoms with Crippen LogP contribution in [0.2, 0.25) is 0 Å². The molecule has 132 valence electrons. The Labute approximate surface area is 152 Å². The normalized spacial score (nSPS) is 11.9. The lowest BCUT2D eigenvalue weighted by Crippen LogP contribution is -2.30. The number of benzene rings is 3. The summed E-state index contributed by atoms with van der Waals surface area (Å²) in [4.78, 5) is 23.2. The quantitative estimate of drug-likeness (QED) is 0.640. The molecule has 26 heavy (non-hydrogen) atoms. The van der Waals surface area contributed by atoms with E-state index in [1.54, 1.807) is 24.3 Å². The van der Waals surface area contributed by atoms with E-state index in [1.807, 2.05) is 25.1 Å². The number of nitrogens with one attached hydrogen (secondary N) is 2. The van der Waals surface area contributed by atoms with E-state index >= 15 is 0 Å². The third-order valence-electron chi connectivity index (χ3n) is 4.31. The van der Waals surface area contributed by atoms with Crippen molar-refractivity contribution in [1.29, 1.82) is 0 Å². The fourth-order valence-electron chi connectivity index (χ4n) is 2.91. The maximum atomic E-state index is 12.2. The van der Waals surface area contributed by atoms with Crippen LogP contribution in [0.25, 0.3) is 10.8 Å². The van der Waals surface area contributed by atoms with Gasteiger partial charge in [-0.15, -0.1) is 0 Å². The smallest absolute Gasteiger partial charge is 0.248 e. The minimum Gasteiger partial charge on any atom is -0.366 e. The van der Waals surface area contributed by atoms with Gasteiger partial charge in [0.2, 0.25) is 11.8 Å². The van der Waals surface area contributed by atoms with Gasteiger partial charge in [0.25, 0.3) is 0 Å². The molecule has 3 aromatic rings. The van der Waals surface area contributed by atoms with Crippen LogP contribution in [-0.2, 0) is 4.79 Å². The van der Waals surface area contributed by atoms with Gasteiger partial charge in [-0.3, -0.25) is 9.59 Å². The van der Waals surface area contributed by atoms with Gasteiger partial charge < -0.3 is 16.4 Å². The Morgan fingerprint density at radius 1 is 0.962 bits per heavy atom. The molecule has 5 heteroatoms. The van der Waals surface area contributed by atoms with Crippen LogP contribution < -0.4 is 16.4 Å². The van der Waals surface area contributed by atoms with E-state index in [0.717, 1.165) is 5.56 Å². The molecule has 0 unspecified atom stereocenters. The number of anilines is 1. The second-order valence-corrected chi connectivity index (χ2v) is 6.16. The Bertz CT molecular complexity index is 930. The Morgan fingerprint density at radius 3 is 2.38 bits per heavy atom. The predicted molar refractivity (Wildman–Crippen MR) is 104 cm³/mol. The molecule has 0 spiro atoms. The van der Waals surface area contributed by atoms with Crippen molar-refractivity contribution in [3.05, 3.63) is 77.9 Å². The highest BCUT2D eigenvalue weighted by Gasteiger charge is 2.11. The van der Waals surface area contributed by atoms with E-state index in [4.69, 9.17) is 5.73 Å². The van der Waals surface area contributed by atoms with Crippen molar-refractivity contribution in [1.82, 2.24) is 5.32 Å². The number of carbonyl (C=O) groups excluding carboxylic acids is 2. The fourth-order valence-corrected chi connectivity index (χ4v) is 2.91. The molecular formula is C21H21N3O2. The largest absolute Gasteiger partial charge is 0.366 e. The van der Waals surface area contributed by atoms with Crippen LogP contribution in [-0.4, -0.2) is 18.4 Å². The molecule has 0 saturated carbocycles. The van der Waals surface area contributed by atoms with E-state index in [-0.39, 0.29) is 18.5 Å². The summed E-state index contributed by atoms with van der Waals surface area (Å²) >= 11 is 0. The van der Waals surface area contributed by atoms with Gasteiger partial charge in [-0.25, -0.2) is 0 Å². The van der Waals surface area contributed by atoms with Crippen LogP contribution in [0.3, 0.4) is 0 Å². The third kappa shape index (κ3) is 4.07. The van der Waals surface area contributed by atoms with Crippen molar-refractivity contribution >= 4 is 28.3 Å². The highest BCUT2D eigenvalue weighted by Crippen LogP contribution is 2.23. The second-order valence-electron chi connectivity index (χ2n) is 6.16. The number of nitrogens with two attached hydrogens (primary N) is 1. The second kappa shape index (κ2) is 7.80. The fraction of sp³-hybridized carbons (Fsp3) is 0.143. The van der Waals surface area contributed by atoms with Crippen molar-refractivity contribution in [3.63, 3.8) is 0 Å². The number of rotatable bonds is 6.